The molecule has 0 fully saturated rings. The first-order chi connectivity index (χ1) is 21.8. The van der Waals surface area contributed by atoms with Crippen molar-refractivity contribution in [3.8, 4) is 0 Å². The summed E-state index contributed by atoms with van der Waals surface area (Å²) in [6.07, 6.45) is 6.26. The highest BCUT2D eigenvalue weighted by Gasteiger charge is 2.38. The van der Waals surface area contributed by atoms with Gasteiger partial charge in [-0.3, -0.25) is 9.59 Å². The fourth-order valence-electron chi connectivity index (χ4n) is 5.79. The molecule has 0 heterocycles. The van der Waals surface area contributed by atoms with E-state index < -0.39 is 23.8 Å². The number of hydrogen-bond acceptors (Lipinski definition) is 4. The first-order valence-corrected chi connectivity index (χ1v) is 17.0. The van der Waals surface area contributed by atoms with Gasteiger partial charge in [0.1, 0.15) is 17.7 Å². The zero-order valence-corrected chi connectivity index (χ0v) is 29.2. The Hall–Kier alpha value is -3.87. The van der Waals surface area contributed by atoms with Crippen molar-refractivity contribution in [1.82, 2.24) is 10.2 Å². The predicted octanol–water partition coefficient (Wildman–Crippen LogP) is 9.26. The van der Waals surface area contributed by atoms with Crippen molar-refractivity contribution in [3.63, 3.8) is 0 Å². The topological polar surface area (TPSA) is 87.7 Å². The Morgan fingerprint density at radius 1 is 0.848 bits per heavy atom. The molecule has 0 spiro atoms. The highest BCUT2D eigenvalue weighted by molar-refractivity contribution is 6.00. The Balaban J connectivity index is 2.06. The van der Waals surface area contributed by atoms with Crippen LogP contribution in [0.1, 0.15) is 109 Å². The smallest absolute Gasteiger partial charge is 0.408 e. The second-order valence-electron chi connectivity index (χ2n) is 13.6. The molecule has 3 unspecified atom stereocenters. The molecule has 0 saturated carbocycles. The molecule has 3 amide bonds. The number of ether oxygens (including phenoxy) is 1. The van der Waals surface area contributed by atoms with Gasteiger partial charge < -0.3 is 20.3 Å². The lowest BCUT2D eigenvalue weighted by molar-refractivity contribution is -0.142. The van der Waals surface area contributed by atoms with E-state index in [4.69, 9.17) is 4.74 Å². The van der Waals surface area contributed by atoms with Crippen LogP contribution in [0.4, 0.5) is 10.5 Å². The maximum Gasteiger partial charge on any atom is 0.408 e. The Kier molecular flexibility index (Phi) is 13.7. The lowest BCUT2D eigenvalue weighted by Gasteiger charge is -2.36. The number of anilines is 1. The van der Waals surface area contributed by atoms with Crippen LogP contribution in [-0.4, -0.2) is 41.0 Å². The molecule has 0 bridgehead atoms. The fraction of sp³-hybridized carbons (Fsp3) is 0.513. The minimum Gasteiger partial charge on any atom is -0.444 e. The number of hydrogen-bond donors (Lipinski definition) is 2. The molecule has 0 radical (unpaired) electrons. The second kappa shape index (κ2) is 17.2. The molecule has 0 aliphatic carbocycles. The summed E-state index contributed by atoms with van der Waals surface area (Å²) in [5.41, 5.74) is 2.72. The number of aryl methyl sites for hydroxylation is 2. The van der Waals surface area contributed by atoms with Crippen molar-refractivity contribution in [2.24, 2.45) is 5.92 Å². The number of benzene rings is 3. The molecule has 46 heavy (non-hydrogen) atoms. The monoisotopic (exact) mass is 629 g/mol. The highest BCUT2D eigenvalue weighted by atomic mass is 16.6. The summed E-state index contributed by atoms with van der Waals surface area (Å²) in [5.74, 6) is -0.760. The van der Waals surface area contributed by atoms with E-state index in [0.717, 1.165) is 59.6 Å². The SMILES string of the molecule is CCCCCCCCN(C(=O)C(NC(=O)OC(C)(C)C)C(C)CC)C(C(=O)Nc1ccc2ccccc2c1)c1ccc(C)cc1C. The largest absolute Gasteiger partial charge is 0.444 e. The van der Waals surface area contributed by atoms with Gasteiger partial charge in [0.2, 0.25) is 5.91 Å². The van der Waals surface area contributed by atoms with Crippen LogP contribution in [0, 0.1) is 19.8 Å². The standard InChI is InChI=1S/C39H55N3O4/c1-9-11-12-13-14-17-24-42(37(44)34(28(4)10-2)41-38(45)46-39(6,7)8)35(33-23-20-27(3)25-29(33)5)36(43)40-32-22-21-30-18-15-16-19-31(30)26-32/h15-16,18-23,25-26,28,34-35H,9-14,17,24H2,1-8H3,(H,40,43)(H,41,45). The summed E-state index contributed by atoms with van der Waals surface area (Å²) in [7, 11) is 0. The Bertz CT molecular complexity index is 1460. The Morgan fingerprint density at radius 3 is 2.17 bits per heavy atom. The van der Waals surface area contributed by atoms with Crippen LogP contribution in [0.15, 0.2) is 60.7 Å². The average molecular weight is 630 g/mol. The van der Waals surface area contributed by atoms with Gasteiger partial charge in [0.15, 0.2) is 0 Å². The van der Waals surface area contributed by atoms with Crippen molar-refractivity contribution in [1.29, 1.82) is 0 Å². The van der Waals surface area contributed by atoms with Gasteiger partial charge in [-0.05, 0) is 81.0 Å². The van der Waals surface area contributed by atoms with Crippen LogP contribution in [0.25, 0.3) is 10.8 Å². The van der Waals surface area contributed by atoms with Crippen LogP contribution < -0.4 is 10.6 Å². The van der Waals surface area contributed by atoms with Crippen molar-refractivity contribution >= 4 is 34.4 Å². The molecule has 7 nitrogen and oxygen atoms in total. The fourth-order valence-corrected chi connectivity index (χ4v) is 5.79. The van der Waals surface area contributed by atoms with Gasteiger partial charge in [0, 0.05) is 12.2 Å². The Morgan fingerprint density at radius 2 is 1.52 bits per heavy atom. The predicted molar refractivity (Wildman–Crippen MR) is 189 cm³/mol. The quantitative estimate of drug-likeness (QED) is 0.164. The summed E-state index contributed by atoms with van der Waals surface area (Å²) >= 11 is 0. The number of fused-ring (bicyclic) bond motifs is 1. The number of rotatable bonds is 15. The molecule has 2 N–H and O–H groups in total. The zero-order chi connectivity index (χ0) is 33.9. The highest BCUT2D eigenvalue weighted by Crippen LogP contribution is 2.30. The number of alkyl carbamates (subject to hydrolysis) is 1. The zero-order valence-electron chi connectivity index (χ0n) is 29.2. The van der Waals surface area contributed by atoms with Crippen LogP contribution in [-0.2, 0) is 14.3 Å². The third kappa shape index (κ3) is 10.6. The number of nitrogens with one attached hydrogen (secondary N) is 2. The minimum atomic E-state index is -0.901. The number of amides is 3. The van der Waals surface area contributed by atoms with E-state index in [1.165, 1.54) is 6.42 Å². The molecule has 3 rings (SSSR count). The van der Waals surface area contributed by atoms with Crippen molar-refractivity contribution in [2.45, 2.75) is 118 Å². The van der Waals surface area contributed by atoms with Gasteiger partial charge >= 0.3 is 6.09 Å². The molecule has 0 saturated heterocycles. The molecule has 3 aromatic carbocycles. The van der Waals surface area contributed by atoms with E-state index in [1.807, 2.05) is 88.4 Å². The molecule has 3 aromatic rings. The third-order valence-electron chi connectivity index (χ3n) is 8.48. The van der Waals surface area contributed by atoms with Gasteiger partial charge in [-0.15, -0.1) is 0 Å². The lowest BCUT2D eigenvalue weighted by Crippen LogP contribution is -2.55. The number of unbranched alkanes of at least 4 members (excludes halogenated alkanes) is 5. The van der Waals surface area contributed by atoms with Crippen molar-refractivity contribution in [2.75, 3.05) is 11.9 Å². The lowest BCUT2D eigenvalue weighted by atomic mass is 9.93. The molecular formula is C39H55N3O4. The molecular weight excluding hydrogens is 574 g/mol. The van der Waals surface area contributed by atoms with Gasteiger partial charge in [-0.25, -0.2) is 4.79 Å². The summed E-state index contributed by atoms with van der Waals surface area (Å²) in [6, 6.07) is 18.1. The average Bonchev–Trinajstić information content (AvgIpc) is 3.00. The molecule has 0 aromatic heterocycles. The number of carbonyl (C=O) groups excluding carboxylic acids is 3. The summed E-state index contributed by atoms with van der Waals surface area (Å²) in [5, 5.41) is 8.11. The maximum absolute atomic E-state index is 14.7. The second-order valence-corrected chi connectivity index (χ2v) is 13.6. The van der Waals surface area contributed by atoms with E-state index in [9.17, 15) is 14.4 Å². The van der Waals surface area contributed by atoms with E-state index in [2.05, 4.69) is 17.6 Å². The van der Waals surface area contributed by atoms with Crippen LogP contribution in [0.3, 0.4) is 0 Å². The summed E-state index contributed by atoms with van der Waals surface area (Å²) in [6.45, 7) is 15.9. The molecule has 7 heteroatoms. The molecule has 0 aliphatic rings. The summed E-state index contributed by atoms with van der Waals surface area (Å²) in [4.78, 5) is 43.9. The van der Waals surface area contributed by atoms with Gasteiger partial charge in [-0.2, -0.15) is 0 Å². The van der Waals surface area contributed by atoms with Crippen LogP contribution in [0.5, 0.6) is 0 Å². The van der Waals surface area contributed by atoms with Gasteiger partial charge in [0.25, 0.3) is 5.91 Å². The normalized spacial score (nSPS) is 13.5. The first kappa shape index (κ1) is 36.6. The van der Waals surface area contributed by atoms with E-state index in [1.54, 1.807) is 25.7 Å². The van der Waals surface area contributed by atoms with E-state index >= 15 is 0 Å². The number of nitrogens with zero attached hydrogens (tertiary/aromatic N) is 1. The summed E-state index contributed by atoms with van der Waals surface area (Å²) < 4.78 is 5.57. The molecule has 250 valence electrons. The van der Waals surface area contributed by atoms with Crippen molar-refractivity contribution < 1.29 is 19.1 Å². The number of carbonyl (C=O) groups is 3. The Labute approximate surface area is 276 Å². The van der Waals surface area contributed by atoms with E-state index in [-0.39, 0.29) is 17.7 Å². The van der Waals surface area contributed by atoms with Gasteiger partial charge in [0.05, 0.1) is 0 Å². The third-order valence-corrected chi connectivity index (χ3v) is 8.48. The van der Waals surface area contributed by atoms with Crippen molar-refractivity contribution in [3.05, 3.63) is 77.4 Å². The van der Waals surface area contributed by atoms with Crippen LogP contribution in [0.2, 0.25) is 0 Å². The van der Waals surface area contributed by atoms with Gasteiger partial charge in [-0.1, -0.05) is 113 Å². The molecule has 0 aliphatic heterocycles. The molecule has 3 atom stereocenters. The van der Waals surface area contributed by atoms with E-state index in [0.29, 0.717) is 18.7 Å². The minimum absolute atomic E-state index is 0.185. The maximum atomic E-state index is 14.7. The van der Waals surface area contributed by atoms with Crippen LogP contribution >= 0.6 is 0 Å². The first-order valence-electron chi connectivity index (χ1n) is 17.0.